The van der Waals surface area contributed by atoms with Gasteiger partial charge in [0.25, 0.3) is 0 Å². The van der Waals surface area contributed by atoms with E-state index in [4.69, 9.17) is 9.47 Å². The maximum absolute atomic E-state index is 12.8. The monoisotopic (exact) mass is 373 g/mol. The molecule has 4 atom stereocenters. The summed E-state index contributed by atoms with van der Waals surface area (Å²) in [6.07, 6.45) is 7.51. The number of rotatable bonds is 5. The number of anilines is 2. The van der Waals surface area contributed by atoms with Crippen molar-refractivity contribution in [2.24, 2.45) is 23.7 Å². The van der Waals surface area contributed by atoms with Crippen molar-refractivity contribution >= 4 is 17.2 Å². The first-order chi connectivity index (χ1) is 13.7. The van der Waals surface area contributed by atoms with Crippen LogP contribution in [0.5, 0.6) is 11.5 Å². The van der Waals surface area contributed by atoms with Gasteiger partial charge in [0.05, 0.1) is 14.2 Å². The van der Waals surface area contributed by atoms with Gasteiger partial charge in [-0.05, 0) is 66.8 Å². The molecule has 4 nitrogen and oxygen atoms in total. The fraction of sp³-hybridized carbons (Fsp3) is 0.292. The molecule has 142 valence electrons. The first kappa shape index (κ1) is 17.1. The number of fused-ring (bicyclic) bond motifs is 5. The van der Waals surface area contributed by atoms with Gasteiger partial charge in [-0.25, -0.2) is 0 Å². The Kier molecular flexibility index (Phi) is 4.00. The summed E-state index contributed by atoms with van der Waals surface area (Å²) in [5.41, 5.74) is 3.15. The molecule has 1 fully saturated rings. The molecular weight excluding hydrogens is 350 g/mol. The molecule has 0 heterocycles. The average molecular weight is 373 g/mol. The molecule has 2 bridgehead atoms. The topological polar surface area (TPSA) is 38.8 Å². The van der Waals surface area contributed by atoms with E-state index in [0.717, 1.165) is 35.0 Å². The Hall–Kier alpha value is -3.01. The van der Waals surface area contributed by atoms with Crippen molar-refractivity contribution in [1.29, 1.82) is 0 Å². The molecule has 0 N–H and O–H groups in total. The molecule has 28 heavy (non-hydrogen) atoms. The second-order valence-electron chi connectivity index (χ2n) is 7.70. The number of methoxy groups -OCH3 is 2. The first-order valence-electron chi connectivity index (χ1n) is 9.71. The van der Waals surface area contributed by atoms with Gasteiger partial charge in [-0.15, -0.1) is 0 Å². The minimum absolute atomic E-state index is 0.101. The number of carbonyl (C=O) groups excluding carboxylic acids is 1. The number of ketones is 1. The molecule has 1 saturated carbocycles. The Morgan fingerprint density at radius 1 is 0.786 bits per heavy atom. The lowest BCUT2D eigenvalue weighted by molar-refractivity contribution is -0.118. The van der Waals surface area contributed by atoms with Crippen molar-refractivity contribution in [3.63, 3.8) is 0 Å². The third-order valence-electron chi connectivity index (χ3n) is 6.34. The van der Waals surface area contributed by atoms with Gasteiger partial charge in [0, 0.05) is 35.0 Å². The molecule has 0 spiro atoms. The summed E-state index contributed by atoms with van der Waals surface area (Å²) in [5, 5.41) is 0. The van der Waals surface area contributed by atoms with E-state index in [9.17, 15) is 4.79 Å². The predicted octanol–water partition coefficient (Wildman–Crippen LogP) is 4.75. The number of hydrogen-bond donors (Lipinski definition) is 0. The molecule has 2 aromatic rings. The minimum atomic E-state index is 0.101. The highest BCUT2D eigenvalue weighted by Crippen LogP contribution is 2.56. The molecule has 0 saturated heterocycles. The minimum Gasteiger partial charge on any atom is -0.497 e. The maximum atomic E-state index is 12.8. The lowest BCUT2D eigenvalue weighted by atomic mass is 9.83. The molecule has 0 radical (unpaired) electrons. The number of allylic oxidation sites excluding steroid dienone is 4. The van der Waals surface area contributed by atoms with Crippen molar-refractivity contribution in [1.82, 2.24) is 0 Å². The van der Waals surface area contributed by atoms with Crippen LogP contribution in [-0.2, 0) is 4.79 Å². The van der Waals surface area contributed by atoms with Crippen LogP contribution in [0.25, 0.3) is 0 Å². The number of hydrogen-bond acceptors (Lipinski definition) is 4. The molecule has 0 aliphatic heterocycles. The summed E-state index contributed by atoms with van der Waals surface area (Å²) in [4.78, 5) is 15.1. The van der Waals surface area contributed by atoms with Crippen LogP contribution in [0.3, 0.4) is 0 Å². The molecule has 4 unspecified atom stereocenters. The SMILES string of the molecule is COc1ccc(N(C2=CC(=O)C3C4C=CC(C4)C23)c2ccc(OC)cc2)cc1. The molecule has 4 heteroatoms. The van der Waals surface area contributed by atoms with Gasteiger partial charge >= 0.3 is 0 Å². The van der Waals surface area contributed by atoms with Crippen LogP contribution in [-0.4, -0.2) is 20.0 Å². The van der Waals surface area contributed by atoms with Crippen LogP contribution in [0.2, 0.25) is 0 Å². The summed E-state index contributed by atoms with van der Waals surface area (Å²) in [7, 11) is 3.33. The second-order valence-corrected chi connectivity index (χ2v) is 7.70. The predicted molar refractivity (Wildman–Crippen MR) is 109 cm³/mol. The highest BCUT2D eigenvalue weighted by Gasteiger charge is 2.53. The molecular formula is C24H23NO3. The van der Waals surface area contributed by atoms with Gasteiger partial charge in [-0.1, -0.05) is 12.2 Å². The lowest BCUT2D eigenvalue weighted by Crippen LogP contribution is -2.27. The quantitative estimate of drug-likeness (QED) is 0.709. The molecule has 2 aromatic carbocycles. The van der Waals surface area contributed by atoms with Crippen molar-refractivity contribution in [3.05, 3.63) is 72.5 Å². The Bertz CT molecular complexity index is 911. The number of ether oxygens (including phenoxy) is 2. The lowest BCUT2D eigenvalue weighted by Gasteiger charge is -2.33. The number of nitrogens with zero attached hydrogens (tertiary/aromatic N) is 1. The fourth-order valence-corrected chi connectivity index (χ4v) is 5.07. The van der Waals surface area contributed by atoms with E-state index in [1.165, 1.54) is 0 Å². The number of carbonyl (C=O) groups is 1. The van der Waals surface area contributed by atoms with E-state index >= 15 is 0 Å². The van der Waals surface area contributed by atoms with Crippen molar-refractivity contribution in [3.8, 4) is 11.5 Å². The van der Waals surface area contributed by atoms with Crippen molar-refractivity contribution < 1.29 is 14.3 Å². The summed E-state index contributed by atoms with van der Waals surface area (Å²) < 4.78 is 10.6. The van der Waals surface area contributed by atoms with Gasteiger partial charge in [-0.3, -0.25) is 4.79 Å². The first-order valence-corrected chi connectivity index (χ1v) is 9.71. The normalized spacial score (nSPS) is 26.9. The summed E-state index contributed by atoms with van der Waals surface area (Å²) in [6.45, 7) is 0. The summed E-state index contributed by atoms with van der Waals surface area (Å²) >= 11 is 0. The van der Waals surface area contributed by atoms with Crippen LogP contribution >= 0.6 is 0 Å². The van der Waals surface area contributed by atoms with Crippen LogP contribution in [0, 0.1) is 23.7 Å². The van der Waals surface area contributed by atoms with E-state index in [2.05, 4.69) is 17.1 Å². The van der Waals surface area contributed by atoms with E-state index in [1.807, 2.05) is 54.6 Å². The largest absolute Gasteiger partial charge is 0.497 e. The van der Waals surface area contributed by atoms with Crippen LogP contribution in [0.4, 0.5) is 11.4 Å². The Morgan fingerprint density at radius 2 is 1.29 bits per heavy atom. The molecule has 0 aromatic heterocycles. The summed E-state index contributed by atoms with van der Waals surface area (Å²) in [5.74, 6) is 3.10. The van der Waals surface area contributed by atoms with E-state index in [0.29, 0.717) is 11.8 Å². The molecule has 0 amide bonds. The van der Waals surface area contributed by atoms with Crippen molar-refractivity contribution in [2.45, 2.75) is 6.42 Å². The zero-order chi connectivity index (χ0) is 19.3. The van der Waals surface area contributed by atoms with Gasteiger partial charge in [0.2, 0.25) is 0 Å². The maximum Gasteiger partial charge on any atom is 0.161 e. The molecule has 3 aliphatic rings. The van der Waals surface area contributed by atoms with Crippen LogP contribution in [0.1, 0.15) is 6.42 Å². The Balaban J connectivity index is 1.60. The van der Waals surface area contributed by atoms with Crippen LogP contribution < -0.4 is 14.4 Å². The molecule has 5 rings (SSSR count). The highest BCUT2D eigenvalue weighted by molar-refractivity contribution is 5.98. The van der Waals surface area contributed by atoms with Gasteiger partial charge in [0.15, 0.2) is 5.78 Å². The molecule has 3 aliphatic carbocycles. The fourth-order valence-electron chi connectivity index (χ4n) is 5.07. The zero-order valence-electron chi connectivity index (χ0n) is 16.0. The highest BCUT2D eigenvalue weighted by atomic mass is 16.5. The third kappa shape index (κ3) is 2.55. The van der Waals surface area contributed by atoms with Gasteiger partial charge in [0.1, 0.15) is 11.5 Å². The third-order valence-corrected chi connectivity index (χ3v) is 6.34. The van der Waals surface area contributed by atoms with E-state index in [-0.39, 0.29) is 17.6 Å². The van der Waals surface area contributed by atoms with Crippen LogP contribution in [0.15, 0.2) is 72.5 Å². The second kappa shape index (κ2) is 6.55. The standard InChI is InChI=1S/C24H23NO3/c1-27-19-9-5-17(6-10-19)25(18-7-11-20(28-2)12-8-18)21-14-22(26)24-16-4-3-15(13-16)23(21)24/h3-12,14-16,23-24H,13H2,1-2H3. The Labute approximate surface area is 165 Å². The van der Waals surface area contributed by atoms with Gasteiger partial charge < -0.3 is 14.4 Å². The summed E-state index contributed by atoms with van der Waals surface area (Å²) in [6, 6.07) is 16.0. The van der Waals surface area contributed by atoms with E-state index in [1.54, 1.807) is 14.2 Å². The van der Waals surface area contributed by atoms with Crippen molar-refractivity contribution in [2.75, 3.05) is 19.1 Å². The van der Waals surface area contributed by atoms with E-state index < -0.39 is 0 Å². The average Bonchev–Trinajstić information content (AvgIpc) is 3.44. The van der Waals surface area contributed by atoms with Gasteiger partial charge in [-0.2, -0.15) is 0 Å². The smallest absolute Gasteiger partial charge is 0.161 e. The Morgan fingerprint density at radius 3 is 1.79 bits per heavy atom. The zero-order valence-corrected chi connectivity index (χ0v) is 16.0. The number of benzene rings is 2.